The summed E-state index contributed by atoms with van der Waals surface area (Å²) < 4.78 is 4.37. The largest absolute Gasteiger partial charge is 0.350 e. The van der Waals surface area contributed by atoms with Crippen molar-refractivity contribution in [2.24, 2.45) is 0 Å². The van der Waals surface area contributed by atoms with Gasteiger partial charge in [0.2, 0.25) is 0 Å². The highest BCUT2D eigenvalue weighted by atomic mass is 16.1. The van der Waals surface area contributed by atoms with Gasteiger partial charge in [-0.25, -0.2) is 4.98 Å². The number of hydrogen-bond donors (Lipinski definition) is 1. The third kappa shape index (κ3) is 3.41. The van der Waals surface area contributed by atoms with Gasteiger partial charge in [0.1, 0.15) is 5.82 Å². The minimum absolute atomic E-state index is 0.0240. The molecular weight excluding hydrogens is 398 g/mol. The zero-order chi connectivity index (χ0) is 21.5. The molecule has 0 spiro atoms. The van der Waals surface area contributed by atoms with Crippen LogP contribution in [0.15, 0.2) is 60.9 Å². The number of nitrogens with zero attached hydrogens (tertiary/aromatic N) is 4. The predicted octanol–water partition coefficient (Wildman–Crippen LogP) is 4.22. The van der Waals surface area contributed by atoms with Crippen molar-refractivity contribution in [3.8, 4) is 17.1 Å². The topological polar surface area (TPSA) is 55.1 Å². The zero-order valence-electron chi connectivity index (χ0n) is 18.1. The van der Waals surface area contributed by atoms with Gasteiger partial charge in [-0.1, -0.05) is 12.5 Å². The molecule has 6 nitrogen and oxygen atoms in total. The second-order valence-electron chi connectivity index (χ2n) is 8.83. The fraction of sp³-hybridized carbons (Fsp3) is 0.308. The molecule has 162 valence electrons. The lowest BCUT2D eigenvalue weighted by Gasteiger charge is -2.25. The second kappa shape index (κ2) is 7.95. The average Bonchev–Trinajstić information content (AvgIpc) is 3.40. The molecule has 0 bridgehead atoms. The quantitative estimate of drug-likeness (QED) is 0.533. The number of carbonyl (C=O) groups excluding carboxylic acids is 1. The van der Waals surface area contributed by atoms with Crippen LogP contribution in [0.25, 0.3) is 28.1 Å². The number of para-hydroxylation sites is 1. The average molecular weight is 426 g/mol. The van der Waals surface area contributed by atoms with E-state index in [1.54, 1.807) is 0 Å². The molecule has 0 aliphatic carbocycles. The number of carbonyl (C=O) groups is 1. The number of benzene rings is 2. The van der Waals surface area contributed by atoms with Crippen LogP contribution in [0.1, 0.15) is 35.2 Å². The van der Waals surface area contributed by atoms with E-state index >= 15 is 0 Å². The molecule has 1 saturated heterocycles. The van der Waals surface area contributed by atoms with Gasteiger partial charge in [0, 0.05) is 43.3 Å². The van der Waals surface area contributed by atoms with Gasteiger partial charge < -0.3 is 14.5 Å². The summed E-state index contributed by atoms with van der Waals surface area (Å²) in [6.07, 6.45) is 8.39. The fourth-order valence-corrected chi connectivity index (χ4v) is 5.04. The van der Waals surface area contributed by atoms with Crippen LogP contribution in [0.4, 0.5) is 0 Å². The van der Waals surface area contributed by atoms with Gasteiger partial charge in [0.15, 0.2) is 0 Å². The highest BCUT2D eigenvalue weighted by molar-refractivity contribution is 6.06. The number of aromatic nitrogens is 3. The maximum Gasteiger partial charge on any atom is 0.253 e. The molecule has 0 atom stereocenters. The Morgan fingerprint density at radius 2 is 1.78 bits per heavy atom. The summed E-state index contributed by atoms with van der Waals surface area (Å²) in [7, 11) is 0. The Bertz CT molecular complexity index is 1280. The van der Waals surface area contributed by atoms with E-state index in [9.17, 15) is 4.79 Å². The minimum atomic E-state index is -0.0240. The standard InChI is InChI=1S/C26H27N5O/c32-26-22-5-4-6-23-24(22)31(16-12-27-26)25(28-23)20-7-9-21(10-8-20)30-15-11-19(18-30)17-29-13-2-1-3-14-29/h4-11,15,18H,1-3,12-14,16-17H2,(H,27,32). The van der Waals surface area contributed by atoms with Gasteiger partial charge in [0.05, 0.1) is 16.6 Å². The van der Waals surface area contributed by atoms with E-state index in [0.29, 0.717) is 18.7 Å². The molecule has 6 heteroatoms. The molecule has 4 heterocycles. The monoisotopic (exact) mass is 425 g/mol. The number of nitrogens with one attached hydrogen (secondary N) is 1. The third-order valence-corrected chi connectivity index (χ3v) is 6.66. The van der Waals surface area contributed by atoms with E-state index in [1.807, 2.05) is 18.2 Å². The van der Waals surface area contributed by atoms with Crippen LogP contribution in [0, 0.1) is 0 Å². The third-order valence-electron chi connectivity index (χ3n) is 6.66. The van der Waals surface area contributed by atoms with Gasteiger partial charge in [-0.2, -0.15) is 0 Å². The Morgan fingerprint density at radius 1 is 0.938 bits per heavy atom. The van der Waals surface area contributed by atoms with Crippen LogP contribution in [-0.2, 0) is 13.1 Å². The highest BCUT2D eigenvalue weighted by Crippen LogP contribution is 2.29. The summed E-state index contributed by atoms with van der Waals surface area (Å²) in [4.78, 5) is 19.8. The number of imidazole rings is 1. The summed E-state index contributed by atoms with van der Waals surface area (Å²) in [6, 6.07) is 16.5. The Kier molecular flexibility index (Phi) is 4.80. The van der Waals surface area contributed by atoms with Gasteiger partial charge in [-0.3, -0.25) is 9.69 Å². The summed E-state index contributed by atoms with van der Waals surface area (Å²) in [5, 5.41) is 2.98. The predicted molar refractivity (Wildman–Crippen MR) is 126 cm³/mol. The lowest BCUT2D eigenvalue weighted by atomic mass is 10.1. The van der Waals surface area contributed by atoms with Crippen LogP contribution >= 0.6 is 0 Å². The van der Waals surface area contributed by atoms with E-state index in [4.69, 9.17) is 4.98 Å². The summed E-state index contributed by atoms with van der Waals surface area (Å²) in [6.45, 7) is 4.78. The zero-order valence-corrected chi connectivity index (χ0v) is 18.1. The first kappa shape index (κ1) is 19.3. The molecule has 0 saturated carbocycles. The Morgan fingerprint density at radius 3 is 2.62 bits per heavy atom. The molecule has 1 fully saturated rings. The molecule has 2 aromatic carbocycles. The molecule has 0 unspecified atom stereocenters. The Labute approximate surface area is 187 Å². The van der Waals surface area contributed by atoms with Crippen molar-refractivity contribution >= 4 is 16.9 Å². The van der Waals surface area contributed by atoms with E-state index in [-0.39, 0.29) is 5.91 Å². The number of likely N-dealkylation sites (tertiary alicyclic amines) is 1. The molecule has 1 N–H and O–H groups in total. The Hall–Kier alpha value is -3.38. The van der Waals surface area contributed by atoms with E-state index in [0.717, 1.165) is 34.7 Å². The summed E-state index contributed by atoms with van der Waals surface area (Å²) in [5.74, 6) is 0.887. The molecule has 2 aliphatic heterocycles. The van der Waals surface area contributed by atoms with Crippen molar-refractivity contribution in [2.45, 2.75) is 32.4 Å². The molecule has 4 aromatic rings. The van der Waals surface area contributed by atoms with Crippen LogP contribution in [-0.4, -0.2) is 44.6 Å². The maximum atomic E-state index is 12.4. The molecule has 0 radical (unpaired) electrons. The molecule has 32 heavy (non-hydrogen) atoms. The van der Waals surface area contributed by atoms with Crippen LogP contribution < -0.4 is 5.32 Å². The molecule has 1 amide bonds. The van der Waals surface area contributed by atoms with Crippen molar-refractivity contribution in [1.29, 1.82) is 0 Å². The smallest absolute Gasteiger partial charge is 0.253 e. The number of piperidine rings is 1. The van der Waals surface area contributed by atoms with Gasteiger partial charge in [0.25, 0.3) is 5.91 Å². The summed E-state index contributed by atoms with van der Waals surface area (Å²) in [5.41, 5.74) is 6.06. The fourth-order valence-electron chi connectivity index (χ4n) is 5.04. The lowest BCUT2D eigenvalue weighted by Crippen LogP contribution is -2.28. The maximum absolute atomic E-state index is 12.4. The van der Waals surface area contributed by atoms with Crippen molar-refractivity contribution in [3.63, 3.8) is 0 Å². The molecule has 6 rings (SSSR count). The van der Waals surface area contributed by atoms with Crippen molar-refractivity contribution in [3.05, 3.63) is 72.1 Å². The van der Waals surface area contributed by atoms with E-state index < -0.39 is 0 Å². The van der Waals surface area contributed by atoms with Crippen molar-refractivity contribution in [1.82, 2.24) is 24.3 Å². The number of rotatable bonds is 4. The first-order valence-corrected chi connectivity index (χ1v) is 11.5. The number of amides is 1. The van der Waals surface area contributed by atoms with Crippen LogP contribution in [0.2, 0.25) is 0 Å². The van der Waals surface area contributed by atoms with Crippen LogP contribution in [0.5, 0.6) is 0 Å². The van der Waals surface area contributed by atoms with Crippen molar-refractivity contribution < 1.29 is 4.79 Å². The first-order chi connectivity index (χ1) is 15.8. The minimum Gasteiger partial charge on any atom is -0.350 e. The van der Waals surface area contributed by atoms with E-state index in [2.05, 4.69) is 62.1 Å². The van der Waals surface area contributed by atoms with E-state index in [1.165, 1.54) is 37.9 Å². The SMILES string of the molecule is O=C1NCCn2c(-c3ccc(-n4ccc(CN5CCCCC5)c4)cc3)nc3cccc1c32. The second-order valence-corrected chi connectivity index (χ2v) is 8.83. The van der Waals surface area contributed by atoms with Gasteiger partial charge in [-0.15, -0.1) is 0 Å². The first-order valence-electron chi connectivity index (χ1n) is 11.5. The number of hydrogen-bond acceptors (Lipinski definition) is 3. The molecule has 2 aliphatic rings. The highest BCUT2D eigenvalue weighted by Gasteiger charge is 2.21. The van der Waals surface area contributed by atoms with Gasteiger partial charge >= 0.3 is 0 Å². The Balaban J connectivity index is 1.29. The summed E-state index contributed by atoms with van der Waals surface area (Å²) >= 11 is 0. The van der Waals surface area contributed by atoms with Crippen LogP contribution in [0.3, 0.4) is 0 Å². The molecular formula is C26H27N5O. The normalized spacial score (nSPS) is 16.8. The lowest BCUT2D eigenvalue weighted by molar-refractivity contribution is 0.0956. The molecule has 2 aromatic heterocycles. The van der Waals surface area contributed by atoms with Crippen molar-refractivity contribution in [2.75, 3.05) is 19.6 Å². The van der Waals surface area contributed by atoms with Gasteiger partial charge in [-0.05, 0) is 74.0 Å².